The fourth-order valence-electron chi connectivity index (χ4n) is 2.44. The lowest BCUT2D eigenvalue weighted by atomic mass is 10.2. The van der Waals surface area contributed by atoms with Gasteiger partial charge in [0.15, 0.2) is 11.6 Å². The van der Waals surface area contributed by atoms with Gasteiger partial charge in [-0.25, -0.2) is 8.78 Å². The van der Waals surface area contributed by atoms with E-state index in [1.54, 1.807) is 24.3 Å². The first-order valence-corrected chi connectivity index (χ1v) is 6.83. The quantitative estimate of drug-likeness (QED) is 0.688. The Morgan fingerprint density at radius 3 is 2.67 bits per heavy atom. The van der Waals surface area contributed by atoms with E-state index in [0.29, 0.717) is 0 Å². The molecule has 0 fully saturated rings. The first-order valence-electron chi connectivity index (χ1n) is 6.83. The van der Waals surface area contributed by atoms with Gasteiger partial charge < -0.3 is 9.30 Å². The molecule has 0 aliphatic heterocycles. The lowest BCUT2D eigenvalue weighted by Gasteiger charge is -2.06. The summed E-state index contributed by atoms with van der Waals surface area (Å²) >= 11 is 0. The van der Waals surface area contributed by atoms with Crippen LogP contribution in [0.15, 0.2) is 48.7 Å². The van der Waals surface area contributed by atoms with E-state index in [4.69, 9.17) is 4.74 Å². The second-order valence-electron chi connectivity index (χ2n) is 4.82. The van der Waals surface area contributed by atoms with Gasteiger partial charge in [-0.05, 0) is 37.3 Å². The van der Waals surface area contributed by atoms with Crippen LogP contribution in [0.3, 0.4) is 0 Å². The molecule has 4 heteroatoms. The first-order chi connectivity index (χ1) is 10.2. The maximum Gasteiger partial charge on any atom is 0.165 e. The van der Waals surface area contributed by atoms with E-state index in [1.165, 1.54) is 18.2 Å². The standard InChI is InChI=1S/C17H15F2NO/c1-2-20-10-12(14-9-13(18)7-8-16(14)20)11-21-17-6-4-3-5-15(17)19/h3-10H,2,11H2,1H3. The minimum Gasteiger partial charge on any atom is -0.486 e. The molecule has 21 heavy (non-hydrogen) atoms. The third kappa shape index (κ3) is 2.61. The highest BCUT2D eigenvalue weighted by molar-refractivity contribution is 5.84. The van der Waals surface area contributed by atoms with Crippen LogP contribution < -0.4 is 4.74 Å². The van der Waals surface area contributed by atoms with Crippen molar-refractivity contribution in [2.24, 2.45) is 0 Å². The molecule has 0 aliphatic rings. The highest BCUT2D eigenvalue weighted by Crippen LogP contribution is 2.25. The Hall–Kier alpha value is -2.36. The molecule has 0 bridgehead atoms. The van der Waals surface area contributed by atoms with Gasteiger partial charge in [-0.1, -0.05) is 12.1 Å². The van der Waals surface area contributed by atoms with Gasteiger partial charge in [0.05, 0.1) is 0 Å². The van der Waals surface area contributed by atoms with Gasteiger partial charge in [0.1, 0.15) is 12.4 Å². The maximum absolute atomic E-state index is 13.6. The number of hydrogen-bond donors (Lipinski definition) is 0. The van der Waals surface area contributed by atoms with Gasteiger partial charge in [0, 0.05) is 29.2 Å². The zero-order valence-corrected chi connectivity index (χ0v) is 11.6. The summed E-state index contributed by atoms with van der Waals surface area (Å²) in [6.07, 6.45) is 1.92. The summed E-state index contributed by atoms with van der Waals surface area (Å²) in [4.78, 5) is 0. The zero-order chi connectivity index (χ0) is 14.8. The molecule has 0 amide bonds. The number of para-hydroxylation sites is 1. The molecule has 0 N–H and O–H groups in total. The topological polar surface area (TPSA) is 14.2 Å². The van der Waals surface area contributed by atoms with Crippen molar-refractivity contribution in [3.05, 3.63) is 65.9 Å². The van der Waals surface area contributed by atoms with Crippen LogP contribution in [0.1, 0.15) is 12.5 Å². The normalized spacial score (nSPS) is 11.0. The molecule has 3 rings (SSSR count). The summed E-state index contributed by atoms with van der Waals surface area (Å²) in [6, 6.07) is 10.9. The Labute approximate surface area is 121 Å². The van der Waals surface area contributed by atoms with Crippen molar-refractivity contribution in [3.8, 4) is 5.75 Å². The summed E-state index contributed by atoms with van der Waals surface area (Å²) in [5, 5.41) is 0.799. The number of hydrogen-bond acceptors (Lipinski definition) is 1. The fourth-order valence-corrected chi connectivity index (χ4v) is 2.44. The molecule has 2 nitrogen and oxygen atoms in total. The van der Waals surface area contributed by atoms with Crippen LogP contribution in [0.25, 0.3) is 10.9 Å². The molecule has 3 aromatic rings. The molecule has 0 radical (unpaired) electrons. The van der Waals surface area contributed by atoms with Crippen molar-refractivity contribution in [3.63, 3.8) is 0 Å². The van der Waals surface area contributed by atoms with E-state index >= 15 is 0 Å². The first kappa shape index (κ1) is 13.6. The smallest absolute Gasteiger partial charge is 0.165 e. The lowest BCUT2D eigenvalue weighted by molar-refractivity contribution is 0.291. The predicted molar refractivity (Wildman–Crippen MR) is 78.3 cm³/mol. The number of benzene rings is 2. The molecule has 108 valence electrons. The summed E-state index contributed by atoms with van der Waals surface area (Å²) in [7, 11) is 0. The van der Waals surface area contributed by atoms with Crippen LogP contribution in [0, 0.1) is 11.6 Å². The van der Waals surface area contributed by atoms with Crippen molar-refractivity contribution in [2.45, 2.75) is 20.1 Å². The molecule has 0 spiro atoms. The van der Waals surface area contributed by atoms with Crippen LogP contribution in [0.2, 0.25) is 0 Å². The van der Waals surface area contributed by atoms with Crippen LogP contribution in [-0.2, 0) is 13.2 Å². The van der Waals surface area contributed by atoms with E-state index in [0.717, 1.165) is 23.0 Å². The average Bonchev–Trinajstić information content (AvgIpc) is 2.83. The maximum atomic E-state index is 13.6. The highest BCUT2D eigenvalue weighted by atomic mass is 19.1. The number of aryl methyl sites for hydroxylation is 1. The molecular formula is C17H15F2NO. The number of nitrogens with zero attached hydrogens (tertiary/aromatic N) is 1. The van der Waals surface area contributed by atoms with Gasteiger partial charge in [0.2, 0.25) is 0 Å². The lowest BCUT2D eigenvalue weighted by Crippen LogP contribution is -1.97. The molecular weight excluding hydrogens is 272 g/mol. The summed E-state index contributed by atoms with van der Waals surface area (Å²) in [5.41, 5.74) is 1.79. The molecule has 0 saturated heterocycles. The van der Waals surface area contributed by atoms with Gasteiger partial charge in [0.25, 0.3) is 0 Å². The minimum absolute atomic E-state index is 0.200. The van der Waals surface area contributed by atoms with Crippen molar-refractivity contribution < 1.29 is 13.5 Å². The fraction of sp³-hybridized carbons (Fsp3) is 0.176. The van der Waals surface area contributed by atoms with Crippen molar-refractivity contribution >= 4 is 10.9 Å². The van der Waals surface area contributed by atoms with Crippen LogP contribution in [-0.4, -0.2) is 4.57 Å². The summed E-state index contributed by atoms with van der Waals surface area (Å²) in [5.74, 6) is -0.488. The van der Waals surface area contributed by atoms with E-state index < -0.39 is 5.82 Å². The molecule has 2 aromatic carbocycles. The van der Waals surface area contributed by atoms with Crippen LogP contribution in [0.4, 0.5) is 8.78 Å². The van der Waals surface area contributed by atoms with E-state index in [2.05, 4.69) is 0 Å². The minimum atomic E-state index is -0.400. The van der Waals surface area contributed by atoms with Gasteiger partial charge in [-0.15, -0.1) is 0 Å². The Kier molecular flexibility index (Phi) is 3.60. The third-order valence-electron chi connectivity index (χ3n) is 3.49. The third-order valence-corrected chi connectivity index (χ3v) is 3.49. The number of ether oxygens (including phenoxy) is 1. The summed E-state index contributed by atoms with van der Waals surface area (Å²) < 4.78 is 34.5. The highest BCUT2D eigenvalue weighted by Gasteiger charge is 2.10. The molecule has 0 atom stereocenters. The van der Waals surface area contributed by atoms with Crippen LogP contribution in [0.5, 0.6) is 5.75 Å². The number of halogens is 2. The second kappa shape index (κ2) is 5.56. The molecule has 0 unspecified atom stereocenters. The molecule has 0 aliphatic carbocycles. The van der Waals surface area contributed by atoms with E-state index in [9.17, 15) is 8.78 Å². The Bertz CT molecular complexity index is 780. The Balaban J connectivity index is 1.93. The zero-order valence-electron chi connectivity index (χ0n) is 11.6. The largest absolute Gasteiger partial charge is 0.486 e. The molecule has 1 heterocycles. The SMILES string of the molecule is CCn1cc(COc2ccccc2F)c2cc(F)ccc21. The van der Waals surface area contributed by atoms with Gasteiger partial charge in [-0.2, -0.15) is 0 Å². The van der Waals surface area contributed by atoms with Crippen molar-refractivity contribution in [1.82, 2.24) is 4.57 Å². The van der Waals surface area contributed by atoms with Crippen molar-refractivity contribution in [2.75, 3.05) is 0 Å². The molecule has 0 saturated carbocycles. The molecule has 1 aromatic heterocycles. The van der Waals surface area contributed by atoms with E-state index in [-0.39, 0.29) is 18.2 Å². The number of fused-ring (bicyclic) bond motifs is 1. The Morgan fingerprint density at radius 2 is 1.90 bits per heavy atom. The summed E-state index contributed by atoms with van der Waals surface area (Å²) in [6.45, 7) is 3.00. The number of aromatic nitrogens is 1. The van der Waals surface area contributed by atoms with E-state index in [1.807, 2.05) is 17.7 Å². The predicted octanol–water partition coefficient (Wildman–Crippen LogP) is 4.52. The second-order valence-corrected chi connectivity index (χ2v) is 4.82. The number of rotatable bonds is 4. The van der Waals surface area contributed by atoms with Crippen LogP contribution >= 0.6 is 0 Å². The monoisotopic (exact) mass is 287 g/mol. The van der Waals surface area contributed by atoms with Crippen molar-refractivity contribution in [1.29, 1.82) is 0 Å². The Morgan fingerprint density at radius 1 is 1.10 bits per heavy atom. The van der Waals surface area contributed by atoms with Gasteiger partial charge in [-0.3, -0.25) is 0 Å². The average molecular weight is 287 g/mol. The van der Waals surface area contributed by atoms with Gasteiger partial charge >= 0.3 is 0 Å².